The second-order valence-electron chi connectivity index (χ2n) is 5.36. The zero-order valence-electron chi connectivity index (χ0n) is 11.6. The summed E-state index contributed by atoms with van der Waals surface area (Å²) in [5.74, 6) is 0.420. The monoisotopic (exact) mass is 293 g/mol. The number of anilines is 1. The van der Waals surface area contributed by atoms with E-state index in [1.165, 1.54) is 6.20 Å². The Morgan fingerprint density at radius 3 is 2.65 bits per heavy atom. The summed E-state index contributed by atoms with van der Waals surface area (Å²) in [6.45, 7) is 5.79. The largest absolute Gasteiger partial charge is 0.435 e. The highest BCUT2D eigenvalue weighted by atomic mass is 35.5. The fourth-order valence-electron chi connectivity index (χ4n) is 1.67. The molecule has 0 aliphatic carbocycles. The van der Waals surface area contributed by atoms with Crippen LogP contribution in [0.1, 0.15) is 20.8 Å². The van der Waals surface area contributed by atoms with Crippen LogP contribution in [0.5, 0.6) is 11.6 Å². The lowest BCUT2D eigenvalue weighted by Crippen LogP contribution is -2.34. The van der Waals surface area contributed by atoms with Crippen molar-refractivity contribution >= 4 is 17.3 Å². The van der Waals surface area contributed by atoms with Crippen LogP contribution in [0.4, 0.5) is 5.69 Å². The molecular weight excluding hydrogens is 278 g/mol. The number of ether oxygens (including phenoxy) is 1. The predicted molar refractivity (Wildman–Crippen MR) is 79.4 cm³/mol. The van der Waals surface area contributed by atoms with Crippen molar-refractivity contribution in [1.29, 1.82) is 0 Å². The van der Waals surface area contributed by atoms with Gasteiger partial charge in [0.05, 0.1) is 10.7 Å². The van der Waals surface area contributed by atoms with Crippen LogP contribution in [-0.4, -0.2) is 9.55 Å². The molecule has 0 aliphatic rings. The van der Waals surface area contributed by atoms with Crippen LogP contribution in [0.15, 0.2) is 35.4 Å². The summed E-state index contributed by atoms with van der Waals surface area (Å²) in [7, 11) is 0. The molecule has 106 valence electrons. The Morgan fingerprint density at radius 1 is 1.35 bits per heavy atom. The Morgan fingerprint density at radius 2 is 2.05 bits per heavy atom. The first-order valence-electron chi connectivity index (χ1n) is 6.10. The molecule has 6 heteroatoms. The average Bonchev–Trinajstić information content (AvgIpc) is 2.35. The molecule has 0 fully saturated rings. The highest BCUT2D eigenvalue weighted by molar-refractivity contribution is 6.33. The molecule has 0 saturated carbocycles. The van der Waals surface area contributed by atoms with Crippen LogP contribution in [0.25, 0.3) is 0 Å². The minimum atomic E-state index is -0.350. The standard InChI is InChI=1S/C14H16ClN3O2/c1-14(2,3)18-7-6-17-12(13(18)19)20-9-4-5-11(16)10(15)8-9/h4-8H,16H2,1-3H3. The number of hydrogen-bond donors (Lipinski definition) is 1. The lowest BCUT2D eigenvalue weighted by atomic mass is 10.1. The van der Waals surface area contributed by atoms with Gasteiger partial charge in [-0.25, -0.2) is 4.98 Å². The molecule has 0 aliphatic heterocycles. The number of benzene rings is 1. The van der Waals surface area contributed by atoms with E-state index in [9.17, 15) is 4.79 Å². The molecule has 20 heavy (non-hydrogen) atoms. The van der Waals surface area contributed by atoms with Gasteiger partial charge in [-0.3, -0.25) is 4.79 Å². The van der Waals surface area contributed by atoms with E-state index in [1.807, 2.05) is 20.8 Å². The molecule has 1 aromatic heterocycles. The summed E-state index contributed by atoms with van der Waals surface area (Å²) in [5.41, 5.74) is 5.43. The van der Waals surface area contributed by atoms with E-state index >= 15 is 0 Å². The minimum Gasteiger partial charge on any atom is -0.435 e. The third-order valence-corrected chi connectivity index (χ3v) is 3.05. The Hall–Kier alpha value is -2.01. The summed E-state index contributed by atoms with van der Waals surface area (Å²) in [4.78, 5) is 16.3. The van der Waals surface area contributed by atoms with Gasteiger partial charge in [0.2, 0.25) is 0 Å². The van der Waals surface area contributed by atoms with Gasteiger partial charge in [0.1, 0.15) is 5.75 Å². The Kier molecular flexibility index (Phi) is 3.72. The lowest BCUT2D eigenvalue weighted by molar-refractivity contribution is 0.363. The van der Waals surface area contributed by atoms with Gasteiger partial charge in [0.25, 0.3) is 5.88 Å². The van der Waals surface area contributed by atoms with Crippen molar-refractivity contribution < 1.29 is 4.74 Å². The van der Waals surface area contributed by atoms with Crippen molar-refractivity contribution in [1.82, 2.24) is 9.55 Å². The number of aromatic nitrogens is 2. The van der Waals surface area contributed by atoms with Crippen molar-refractivity contribution in [2.24, 2.45) is 0 Å². The van der Waals surface area contributed by atoms with E-state index in [-0.39, 0.29) is 17.0 Å². The molecule has 0 radical (unpaired) electrons. The first-order chi connectivity index (χ1) is 9.29. The van der Waals surface area contributed by atoms with Crippen molar-refractivity contribution in [2.45, 2.75) is 26.3 Å². The molecule has 2 rings (SSSR count). The normalized spacial score (nSPS) is 11.4. The molecule has 1 aromatic carbocycles. The van der Waals surface area contributed by atoms with Gasteiger partial charge in [-0.05, 0) is 32.9 Å². The quantitative estimate of drug-likeness (QED) is 0.864. The van der Waals surface area contributed by atoms with E-state index in [2.05, 4.69) is 4.98 Å². The maximum absolute atomic E-state index is 12.3. The van der Waals surface area contributed by atoms with Gasteiger partial charge in [0, 0.05) is 24.0 Å². The molecule has 5 nitrogen and oxygen atoms in total. The summed E-state index contributed by atoms with van der Waals surface area (Å²) in [6, 6.07) is 4.80. The zero-order valence-corrected chi connectivity index (χ0v) is 12.3. The Labute approximate surface area is 122 Å². The third kappa shape index (κ3) is 2.93. The minimum absolute atomic E-state index is 0.00302. The molecular formula is C14H16ClN3O2. The van der Waals surface area contributed by atoms with E-state index in [0.29, 0.717) is 16.5 Å². The van der Waals surface area contributed by atoms with E-state index in [4.69, 9.17) is 22.1 Å². The molecule has 0 saturated heterocycles. The highest BCUT2D eigenvalue weighted by Crippen LogP contribution is 2.26. The first kappa shape index (κ1) is 14.4. The van der Waals surface area contributed by atoms with Gasteiger partial charge in [0.15, 0.2) is 0 Å². The van der Waals surface area contributed by atoms with Crippen LogP contribution in [-0.2, 0) is 5.54 Å². The van der Waals surface area contributed by atoms with Crippen molar-refractivity contribution in [2.75, 3.05) is 5.73 Å². The van der Waals surface area contributed by atoms with Crippen LogP contribution >= 0.6 is 11.6 Å². The predicted octanol–water partition coefficient (Wildman–Crippen LogP) is 3.03. The second-order valence-corrected chi connectivity index (χ2v) is 5.77. The van der Waals surface area contributed by atoms with Crippen molar-refractivity contribution in [3.63, 3.8) is 0 Å². The van der Waals surface area contributed by atoms with Crippen molar-refractivity contribution in [3.05, 3.63) is 46.0 Å². The average molecular weight is 294 g/mol. The van der Waals surface area contributed by atoms with E-state index in [0.717, 1.165) is 0 Å². The second kappa shape index (κ2) is 5.17. The Balaban J connectivity index is 2.40. The molecule has 0 unspecified atom stereocenters. The summed E-state index contributed by atoms with van der Waals surface area (Å²) in [6.07, 6.45) is 3.16. The van der Waals surface area contributed by atoms with Crippen LogP contribution in [0.3, 0.4) is 0 Å². The van der Waals surface area contributed by atoms with Gasteiger partial charge >= 0.3 is 5.56 Å². The van der Waals surface area contributed by atoms with Crippen LogP contribution in [0.2, 0.25) is 5.02 Å². The maximum atomic E-state index is 12.3. The molecule has 2 N–H and O–H groups in total. The van der Waals surface area contributed by atoms with Gasteiger partial charge < -0.3 is 15.0 Å². The molecule has 0 spiro atoms. The molecule has 0 bridgehead atoms. The van der Waals surface area contributed by atoms with E-state index in [1.54, 1.807) is 29.0 Å². The van der Waals surface area contributed by atoms with Crippen LogP contribution in [0, 0.1) is 0 Å². The van der Waals surface area contributed by atoms with Crippen molar-refractivity contribution in [3.8, 4) is 11.6 Å². The highest BCUT2D eigenvalue weighted by Gasteiger charge is 2.17. The number of rotatable bonds is 2. The molecule has 0 amide bonds. The third-order valence-electron chi connectivity index (χ3n) is 2.72. The van der Waals surface area contributed by atoms with E-state index < -0.39 is 0 Å². The molecule has 1 heterocycles. The lowest BCUT2D eigenvalue weighted by Gasteiger charge is -2.22. The summed E-state index contributed by atoms with van der Waals surface area (Å²) < 4.78 is 7.06. The van der Waals surface area contributed by atoms with Gasteiger partial charge in [-0.1, -0.05) is 11.6 Å². The number of nitrogens with two attached hydrogens (primary N) is 1. The fourth-order valence-corrected chi connectivity index (χ4v) is 1.85. The van der Waals surface area contributed by atoms with Crippen LogP contribution < -0.4 is 16.0 Å². The number of nitrogen functional groups attached to an aromatic ring is 1. The maximum Gasteiger partial charge on any atom is 0.314 e. The molecule has 2 aromatic rings. The number of hydrogen-bond acceptors (Lipinski definition) is 4. The van der Waals surface area contributed by atoms with Gasteiger partial charge in [-0.15, -0.1) is 0 Å². The smallest absolute Gasteiger partial charge is 0.314 e. The first-order valence-corrected chi connectivity index (χ1v) is 6.48. The Bertz CT molecular complexity index is 690. The number of nitrogens with zero attached hydrogens (tertiary/aromatic N) is 2. The zero-order chi connectivity index (χ0) is 14.9. The number of halogens is 1. The molecule has 0 atom stereocenters. The summed E-state index contributed by atoms with van der Waals surface area (Å²) in [5, 5.41) is 0.370. The SMILES string of the molecule is CC(C)(C)n1ccnc(Oc2ccc(N)c(Cl)c2)c1=O. The fraction of sp³-hybridized carbons (Fsp3) is 0.286. The topological polar surface area (TPSA) is 70.1 Å². The summed E-state index contributed by atoms with van der Waals surface area (Å²) >= 11 is 5.91. The van der Waals surface area contributed by atoms with Gasteiger partial charge in [-0.2, -0.15) is 0 Å².